The van der Waals surface area contributed by atoms with Gasteiger partial charge in [-0.3, -0.25) is 4.68 Å². The summed E-state index contributed by atoms with van der Waals surface area (Å²) in [6, 6.07) is 3.49. The van der Waals surface area contributed by atoms with Gasteiger partial charge in [0.2, 0.25) is 0 Å². The molecule has 0 aliphatic carbocycles. The monoisotopic (exact) mass is 348 g/mol. The predicted molar refractivity (Wildman–Crippen MR) is 94.3 cm³/mol. The van der Waals surface area contributed by atoms with Gasteiger partial charge in [0.25, 0.3) is 0 Å². The fraction of sp³-hybridized carbons (Fsp3) is 0.526. The van der Waals surface area contributed by atoms with Gasteiger partial charge in [-0.15, -0.1) is 0 Å². The van der Waals surface area contributed by atoms with Crippen LogP contribution in [-0.4, -0.2) is 34.3 Å². The average Bonchev–Trinajstić information content (AvgIpc) is 3.19. The molecule has 0 spiro atoms. The molecule has 1 N–H and O–H groups in total. The van der Waals surface area contributed by atoms with Crippen molar-refractivity contribution in [3.8, 4) is 0 Å². The van der Waals surface area contributed by atoms with Crippen molar-refractivity contribution in [3.05, 3.63) is 52.9 Å². The van der Waals surface area contributed by atoms with Gasteiger partial charge in [-0.2, -0.15) is 5.10 Å². The molecule has 1 atom stereocenters. The first-order chi connectivity index (χ1) is 12.0. The van der Waals surface area contributed by atoms with Gasteiger partial charge >= 0.3 is 0 Å². The summed E-state index contributed by atoms with van der Waals surface area (Å²) in [4.78, 5) is 2.47. The fourth-order valence-electron chi connectivity index (χ4n) is 3.30. The van der Waals surface area contributed by atoms with E-state index in [1.54, 1.807) is 0 Å². The van der Waals surface area contributed by atoms with E-state index in [0.29, 0.717) is 12.1 Å². The second-order valence-corrected chi connectivity index (χ2v) is 6.86. The Morgan fingerprint density at radius 3 is 2.48 bits per heavy atom. The summed E-state index contributed by atoms with van der Waals surface area (Å²) in [5.41, 5.74) is 2.72. The molecule has 136 valence electrons. The summed E-state index contributed by atoms with van der Waals surface area (Å²) < 4.78 is 28.7. The van der Waals surface area contributed by atoms with Gasteiger partial charge in [0.05, 0.1) is 12.2 Å². The second kappa shape index (κ2) is 8.06. The summed E-state index contributed by atoms with van der Waals surface area (Å²) >= 11 is 0. The molecular weight excluding hydrogens is 322 g/mol. The van der Waals surface area contributed by atoms with E-state index >= 15 is 0 Å². The normalized spacial score (nSPS) is 16.5. The average molecular weight is 348 g/mol. The molecule has 0 saturated carbocycles. The van der Waals surface area contributed by atoms with Crippen LogP contribution in [0.15, 0.2) is 24.4 Å². The molecule has 0 radical (unpaired) electrons. The molecule has 1 aliphatic heterocycles. The topological polar surface area (TPSA) is 33.1 Å². The predicted octanol–water partition coefficient (Wildman–Crippen LogP) is 3.42. The lowest BCUT2D eigenvalue weighted by Gasteiger charge is -2.14. The zero-order valence-electron chi connectivity index (χ0n) is 14.9. The van der Waals surface area contributed by atoms with Crippen molar-refractivity contribution in [1.29, 1.82) is 0 Å². The molecule has 1 aliphatic rings. The van der Waals surface area contributed by atoms with Crippen molar-refractivity contribution in [3.63, 3.8) is 0 Å². The van der Waals surface area contributed by atoms with E-state index in [1.807, 2.05) is 18.5 Å². The van der Waals surface area contributed by atoms with E-state index in [9.17, 15) is 8.78 Å². The maximum absolute atomic E-state index is 13.3. The van der Waals surface area contributed by atoms with Crippen LogP contribution in [-0.2, 0) is 13.1 Å². The molecule has 2 heterocycles. The second-order valence-electron chi connectivity index (χ2n) is 6.86. The first-order valence-electron chi connectivity index (χ1n) is 8.96. The fourth-order valence-corrected chi connectivity index (χ4v) is 3.30. The minimum atomic E-state index is -0.547. The van der Waals surface area contributed by atoms with Crippen LogP contribution in [0.2, 0.25) is 0 Å². The molecule has 4 nitrogen and oxygen atoms in total. The highest BCUT2D eigenvalue weighted by atomic mass is 19.1. The third-order valence-electron chi connectivity index (χ3n) is 4.88. The molecule has 3 rings (SSSR count). The highest BCUT2D eigenvalue weighted by molar-refractivity contribution is 5.22. The maximum atomic E-state index is 13.3. The van der Waals surface area contributed by atoms with E-state index in [2.05, 4.69) is 21.5 Å². The van der Waals surface area contributed by atoms with Crippen LogP contribution in [0.4, 0.5) is 8.78 Å². The van der Waals surface area contributed by atoms with Crippen molar-refractivity contribution in [2.24, 2.45) is 0 Å². The molecule has 1 unspecified atom stereocenters. The number of likely N-dealkylation sites (tertiary alicyclic amines) is 1. The molecule has 0 bridgehead atoms. The minimum absolute atomic E-state index is 0.141. The maximum Gasteiger partial charge on any atom is 0.126 e. The number of benzene rings is 1. The Balaban J connectivity index is 1.55. The van der Waals surface area contributed by atoms with Gasteiger partial charge in [0.1, 0.15) is 11.6 Å². The molecule has 25 heavy (non-hydrogen) atoms. The third-order valence-corrected chi connectivity index (χ3v) is 4.88. The van der Waals surface area contributed by atoms with Gasteiger partial charge in [-0.25, -0.2) is 8.78 Å². The van der Waals surface area contributed by atoms with Crippen LogP contribution in [0.5, 0.6) is 0 Å². The van der Waals surface area contributed by atoms with Crippen molar-refractivity contribution in [2.75, 3.05) is 19.6 Å². The van der Waals surface area contributed by atoms with Gasteiger partial charge in [-0.05, 0) is 57.5 Å². The van der Waals surface area contributed by atoms with Gasteiger partial charge in [-0.1, -0.05) is 0 Å². The third kappa shape index (κ3) is 4.86. The molecule has 1 aromatic heterocycles. The Kier molecular flexibility index (Phi) is 5.81. The number of rotatable bonds is 7. The standard InChI is InChI=1S/C19H26F2N4/c1-14(16-9-18(20)11-19(21)10-16)22-12-17-13-25(23-15(17)2)8-7-24-5-3-4-6-24/h9-11,13-14,22H,3-8,12H2,1-2H3. The molecule has 2 aromatic rings. The lowest BCUT2D eigenvalue weighted by molar-refractivity contribution is 0.315. The van der Waals surface area contributed by atoms with E-state index in [0.717, 1.165) is 30.4 Å². The minimum Gasteiger partial charge on any atom is -0.306 e. The van der Waals surface area contributed by atoms with Crippen LogP contribution >= 0.6 is 0 Å². The molecule has 1 aromatic carbocycles. The number of hydrogen-bond donors (Lipinski definition) is 1. The Morgan fingerprint density at radius 1 is 1.12 bits per heavy atom. The Labute approximate surface area is 147 Å². The molecule has 6 heteroatoms. The number of aromatic nitrogens is 2. The van der Waals surface area contributed by atoms with Crippen molar-refractivity contribution < 1.29 is 8.78 Å². The lowest BCUT2D eigenvalue weighted by atomic mass is 10.1. The van der Waals surface area contributed by atoms with Gasteiger partial charge in [0.15, 0.2) is 0 Å². The van der Waals surface area contributed by atoms with Crippen molar-refractivity contribution in [2.45, 2.75) is 45.8 Å². The van der Waals surface area contributed by atoms with Crippen LogP contribution < -0.4 is 5.32 Å². The first-order valence-corrected chi connectivity index (χ1v) is 8.96. The summed E-state index contributed by atoms with van der Waals surface area (Å²) in [6.07, 6.45) is 4.66. The molecule has 1 fully saturated rings. The Hall–Kier alpha value is -1.79. The highest BCUT2D eigenvalue weighted by Gasteiger charge is 2.13. The molecule has 0 amide bonds. The van der Waals surface area contributed by atoms with Crippen molar-refractivity contribution in [1.82, 2.24) is 20.0 Å². The van der Waals surface area contributed by atoms with Crippen LogP contribution in [0.1, 0.15) is 42.6 Å². The first kappa shape index (κ1) is 18.0. The zero-order valence-corrected chi connectivity index (χ0v) is 14.9. The zero-order chi connectivity index (χ0) is 17.8. The van der Waals surface area contributed by atoms with E-state index in [-0.39, 0.29) is 6.04 Å². The summed E-state index contributed by atoms with van der Waals surface area (Å²) in [5.74, 6) is -1.09. The number of nitrogens with one attached hydrogen (secondary N) is 1. The molecular formula is C19H26F2N4. The van der Waals surface area contributed by atoms with E-state index in [4.69, 9.17) is 0 Å². The smallest absolute Gasteiger partial charge is 0.126 e. The molecule has 1 saturated heterocycles. The number of aryl methyl sites for hydroxylation is 1. The van der Waals surface area contributed by atoms with Crippen LogP contribution in [0.25, 0.3) is 0 Å². The summed E-state index contributed by atoms with van der Waals surface area (Å²) in [7, 11) is 0. The quantitative estimate of drug-likeness (QED) is 0.832. The summed E-state index contributed by atoms with van der Waals surface area (Å²) in [6.45, 7) is 8.83. The van der Waals surface area contributed by atoms with E-state index in [1.165, 1.54) is 38.1 Å². The van der Waals surface area contributed by atoms with E-state index < -0.39 is 11.6 Å². The highest BCUT2D eigenvalue weighted by Crippen LogP contribution is 2.17. The number of halogens is 2. The SMILES string of the molecule is Cc1nn(CCN2CCCC2)cc1CNC(C)c1cc(F)cc(F)c1. The lowest BCUT2D eigenvalue weighted by Crippen LogP contribution is -2.24. The van der Waals surface area contributed by atoms with Gasteiger partial charge in [0, 0.05) is 37.0 Å². The largest absolute Gasteiger partial charge is 0.306 e. The number of hydrogen-bond acceptors (Lipinski definition) is 3. The van der Waals surface area contributed by atoms with Crippen LogP contribution in [0.3, 0.4) is 0 Å². The summed E-state index contributed by atoms with van der Waals surface area (Å²) in [5, 5.41) is 7.90. The van der Waals surface area contributed by atoms with Crippen LogP contribution in [0, 0.1) is 18.6 Å². The Bertz CT molecular complexity index is 687. The van der Waals surface area contributed by atoms with Crippen molar-refractivity contribution >= 4 is 0 Å². The number of nitrogens with zero attached hydrogens (tertiary/aromatic N) is 3. The Morgan fingerprint density at radius 2 is 1.80 bits per heavy atom. The van der Waals surface area contributed by atoms with Gasteiger partial charge < -0.3 is 10.2 Å².